The van der Waals surface area contributed by atoms with Gasteiger partial charge >= 0.3 is 0 Å². The van der Waals surface area contributed by atoms with E-state index < -0.39 is 0 Å². The van der Waals surface area contributed by atoms with Crippen molar-refractivity contribution in [3.63, 3.8) is 0 Å². The first kappa shape index (κ1) is 7.13. The highest BCUT2D eigenvalue weighted by Gasteiger charge is 1.97. The third-order valence-electron chi connectivity index (χ3n) is 1.62. The Hall–Kier alpha value is -0.980. The zero-order chi connectivity index (χ0) is 7.56. The van der Waals surface area contributed by atoms with Gasteiger partial charge in [-0.15, -0.1) is 6.58 Å². The van der Waals surface area contributed by atoms with E-state index in [2.05, 4.69) is 31.5 Å². The van der Waals surface area contributed by atoms with E-state index in [1.807, 2.05) is 6.08 Å². The topological polar surface area (TPSA) is 15.8 Å². The summed E-state index contributed by atoms with van der Waals surface area (Å²) < 4.78 is 0. The van der Waals surface area contributed by atoms with Gasteiger partial charge in [-0.05, 0) is 31.9 Å². The van der Waals surface area contributed by atoms with Gasteiger partial charge in [0.1, 0.15) is 0 Å². The van der Waals surface area contributed by atoms with Crippen molar-refractivity contribution < 1.29 is 0 Å². The molecule has 0 aliphatic rings. The summed E-state index contributed by atoms with van der Waals surface area (Å²) in [5, 5.41) is 0. The molecule has 10 heavy (non-hydrogen) atoms. The summed E-state index contributed by atoms with van der Waals surface area (Å²) >= 11 is 0. The quantitative estimate of drug-likeness (QED) is 0.599. The lowest BCUT2D eigenvalue weighted by Crippen LogP contribution is -1.79. The predicted octanol–water partition coefficient (Wildman–Crippen LogP) is 2.36. The van der Waals surface area contributed by atoms with Crippen molar-refractivity contribution in [2.75, 3.05) is 0 Å². The highest BCUT2D eigenvalue weighted by molar-refractivity contribution is 5.25. The van der Waals surface area contributed by atoms with Crippen LogP contribution in [-0.4, -0.2) is 4.98 Å². The molecule has 0 saturated carbocycles. The van der Waals surface area contributed by atoms with Crippen LogP contribution in [0.1, 0.15) is 17.0 Å². The van der Waals surface area contributed by atoms with E-state index in [9.17, 15) is 0 Å². The molecule has 0 aliphatic carbocycles. The molecule has 1 N–H and O–H groups in total. The molecule has 1 heteroatoms. The van der Waals surface area contributed by atoms with Gasteiger partial charge in [0.05, 0.1) is 0 Å². The number of hydrogen-bond donors (Lipinski definition) is 1. The highest BCUT2D eigenvalue weighted by atomic mass is 14.7. The smallest absolute Gasteiger partial charge is 0.0153 e. The first-order chi connectivity index (χ1) is 4.74. The number of H-pyrrole nitrogens is 1. The maximum Gasteiger partial charge on any atom is 0.0153 e. The zero-order valence-corrected chi connectivity index (χ0v) is 6.57. The van der Waals surface area contributed by atoms with Crippen molar-refractivity contribution in [1.82, 2.24) is 4.98 Å². The summed E-state index contributed by atoms with van der Waals surface area (Å²) in [6.45, 7) is 7.85. The van der Waals surface area contributed by atoms with Gasteiger partial charge in [0.15, 0.2) is 0 Å². The van der Waals surface area contributed by atoms with Gasteiger partial charge in [0.2, 0.25) is 0 Å². The van der Waals surface area contributed by atoms with E-state index >= 15 is 0 Å². The van der Waals surface area contributed by atoms with Crippen LogP contribution in [0.5, 0.6) is 0 Å². The van der Waals surface area contributed by atoms with Gasteiger partial charge in [-0.1, -0.05) is 6.08 Å². The van der Waals surface area contributed by atoms with Crippen LogP contribution in [0.15, 0.2) is 18.7 Å². The summed E-state index contributed by atoms with van der Waals surface area (Å²) in [6, 6.07) is 2.16. The average Bonchev–Trinajstić information content (AvgIpc) is 2.13. The molecule has 0 bridgehead atoms. The fourth-order valence-electron chi connectivity index (χ4n) is 1.15. The average molecular weight is 135 g/mol. The molecule has 0 saturated heterocycles. The monoisotopic (exact) mass is 135 g/mol. The molecule has 0 atom stereocenters. The molecule has 0 aliphatic heterocycles. The van der Waals surface area contributed by atoms with E-state index in [-0.39, 0.29) is 0 Å². The number of nitrogens with one attached hydrogen (secondary N) is 1. The molecule has 54 valence electrons. The van der Waals surface area contributed by atoms with Gasteiger partial charge in [-0.3, -0.25) is 0 Å². The van der Waals surface area contributed by atoms with Crippen LogP contribution in [-0.2, 0) is 6.42 Å². The molecule has 0 amide bonds. The van der Waals surface area contributed by atoms with E-state index in [4.69, 9.17) is 0 Å². The lowest BCUT2D eigenvalue weighted by Gasteiger charge is -1.90. The summed E-state index contributed by atoms with van der Waals surface area (Å²) in [5.74, 6) is 0. The van der Waals surface area contributed by atoms with Gasteiger partial charge in [-0.25, -0.2) is 0 Å². The van der Waals surface area contributed by atoms with Crippen molar-refractivity contribution in [3.05, 3.63) is 35.7 Å². The van der Waals surface area contributed by atoms with Crippen molar-refractivity contribution in [3.8, 4) is 0 Å². The molecular weight excluding hydrogens is 122 g/mol. The molecule has 0 aromatic carbocycles. The molecule has 0 radical (unpaired) electrons. The standard InChI is InChI=1S/C9H13N/c1-4-5-9-6-7(2)10-8(9)3/h4,6,10H,1,5H2,2-3H3. The normalized spacial score (nSPS) is 9.80. The van der Waals surface area contributed by atoms with Crippen molar-refractivity contribution in [2.24, 2.45) is 0 Å². The Balaban J connectivity index is 2.91. The molecule has 1 aromatic heterocycles. The van der Waals surface area contributed by atoms with E-state index in [1.165, 1.54) is 17.0 Å². The molecule has 0 unspecified atom stereocenters. The highest BCUT2D eigenvalue weighted by Crippen LogP contribution is 2.09. The fourth-order valence-corrected chi connectivity index (χ4v) is 1.15. The molecule has 1 rings (SSSR count). The van der Waals surface area contributed by atoms with Crippen LogP contribution < -0.4 is 0 Å². The first-order valence-corrected chi connectivity index (χ1v) is 3.50. The molecule has 0 spiro atoms. The number of hydrogen-bond acceptors (Lipinski definition) is 0. The Kier molecular flexibility index (Phi) is 1.95. The largest absolute Gasteiger partial charge is 0.362 e. The van der Waals surface area contributed by atoms with Gasteiger partial charge in [0, 0.05) is 11.4 Å². The number of aromatic nitrogens is 1. The molecule has 1 nitrogen and oxygen atoms in total. The molecular formula is C9H13N. The summed E-state index contributed by atoms with van der Waals surface area (Å²) in [6.07, 6.45) is 2.89. The Labute approximate surface area is 61.8 Å². The Morgan fingerprint density at radius 2 is 2.30 bits per heavy atom. The van der Waals surface area contributed by atoms with Crippen LogP contribution in [0.3, 0.4) is 0 Å². The number of allylic oxidation sites excluding steroid dienone is 1. The van der Waals surface area contributed by atoms with Crippen LogP contribution in [0.25, 0.3) is 0 Å². The molecule has 0 fully saturated rings. The van der Waals surface area contributed by atoms with Crippen molar-refractivity contribution in [1.29, 1.82) is 0 Å². The maximum atomic E-state index is 3.69. The maximum absolute atomic E-state index is 3.69. The summed E-state index contributed by atoms with van der Waals surface area (Å²) in [5.41, 5.74) is 3.85. The third kappa shape index (κ3) is 1.29. The Morgan fingerprint density at radius 3 is 2.70 bits per heavy atom. The third-order valence-corrected chi connectivity index (χ3v) is 1.62. The fraction of sp³-hybridized carbons (Fsp3) is 0.333. The summed E-state index contributed by atoms with van der Waals surface area (Å²) in [7, 11) is 0. The SMILES string of the molecule is C=CCc1cc(C)[nH]c1C. The molecule has 1 aromatic rings. The van der Waals surface area contributed by atoms with Crippen LogP contribution in [0, 0.1) is 13.8 Å². The minimum atomic E-state index is 0.968. The van der Waals surface area contributed by atoms with Crippen molar-refractivity contribution in [2.45, 2.75) is 20.3 Å². The lowest BCUT2D eigenvalue weighted by molar-refractivity contribution is 1.15. The van der Waals surface area contributed by atoms with E-state index in [0.29, 0.717) is 0 Å². The van der Waals surface area contributed by atoms with Gasteiger partial charge in [0.25, 0.3) is 0 Å². The minimum Gasteiger partial charge on any atom is -0.362 e. The zero-order valence-electron chi connectivity index (χ0n) is 6.57. The number of aromatic amines is 1. The Bertz CT molecular complexity index is 233. The first-order valence-electron chi connectivity index (χ1n) is 3.50. The number of rotatable bonds is 2. The second-order valence-electron chi connectivity index (χ2n) is 2.60. The summed E-state index contributed by atoms with van der Waals surface area (Å²) in [4.78, 5) is 3.24. The van der Waals surface area contributed by atoms with Crippen LogP contribution >= 0.6 is 0 Å². The van der Waals surface area contributed by atoms with Crippen LogP contribution in [0.2, 0.25) is 0 Å². The van der Waals surface area contributed by atoms with Gasteiger partial charge in [-0.2, -0.15) is 0 Å². The second kappa shape index (κ2) is 2.74. The molecule has 1 heterocycles. The van der Waals surface area contributed by atoms with E-state index in [1.54, 1.807) is 0 Å². The predicted molar refractivity (Wildman–Crippen MR) is 44.2 cm³/mol. The second-order valence-corrected chi connectivity index (χ2v) is 2.60. The van der Waals surface area contributed by atoms with Crippen molar-refractivity contribution >= 4 is 0 Å². The van der Waals surface area contributed by atoms with Gasteiger partial charge < -0.3 is 4.98 Å². The van der Waals surface area contributed by atoms with Crippen LogP contribution in [0.4, 0.5) is 0 Å². The van der Waals surface area contributed by atoms with E-state index in [0.717, 1.165) is 6.42 Å². The number of aryl methyl sites for hydroxylation is 2. The Morgan fingerprint density at radius 1 is 1.60 bits per heavy atom. The lowest BCUT2D eigenvalue weighted by atomic mass is 10.2. The minimum absolute atomic E-state index is 0.968.